The zero-order valence-corrected chi connectivity index (χ0v) is 17.1. The molecule has 0 atom stereocenters. The SMILES string of the molecule is Cl.N=C(N)CN.NC(N)=N/N=C/c1ccc(Cl)cc1.O=Cc1ccc(Cl)cc1. The average molecular weight is 447 g/mol. The molecule has 0 bridgehead atoms. The van der Waals surface area contributed by atoms with Crippen molar-refractivity contribution in [3.63, 3.8) is 0 Å². The second kappa shape index (κ2) is 16.5. The van der Waals surface area contributed by atoms with Gasteiger partial charge in [-0.2, -0.15) is 5.10 Å². The van der Waals surface area contributed by atoms with Crippen molar-refractivity contribution in [2.45, 2.75) is 0 Å². The first-order chi connectivity index (χ1) is 12.8. The number of rotatable bonds is 4. The highest BCUT2D eigenvalue weighted by Crippen LogP contribution is 2.08. The van der Waals surface area contributed by atoms with Crippen LogP contribution in [0.25, 0.3) is 0 Å². The number of nitrogens with zero attached hydrogens (tertiary/aromatic N) is 2. The minimum absolute atomic E-state index is 0. The van der Waals surface area contributed by atoms with Gasteiger partial charge in [0, 0.05) is 15.6 Å². The number of halogens is 3. The van der Waals surface area contributed by atoms with E-state index in [1.807, 2.05) is 12.1 Å². The maximum atomic E-state index is 10.1. The largest absolute Gasteiger partial charge is 0.387 e. The fourth-order valence-corrected chi connectivity index (χ4v) is 1.50. The van der Waals surface area contributed by atoms with E-state index in [2.05, 4.69) is 10.2 Å². The van der Waals surface area contributed by atoms with E-state index in [0.29, 0.717) is 15.6 Å². The van der Waals surface area contributed by atoms with Gasteiger partial charge in [0.1, 0.15) is 12.1 Å². The zero-order valence-electron chi connectivity index (χ0n) is 14.8. The number of carbonyl (C=O) groups is 1. The number of amidine groups is 1. The van der Waals surface area contributed by atoms with Crippen LogP contribution in [0.3, 0.4) is 0 Å². The van der Waals surface area contributed by atoms with Gasteiger partial charge in [0.25, 0.3) is 0 Å². The van der Waals surface area contributed by atoms with Crippen LogP contribution in [-0.2, 0) is 0 Å². The Balaban J connectivity index is 0. The lowest BCUT2D eigenvalue weighted by Crippen LogP contribution is -2.21. The number of nitrogens with two attached hydrogens (primary N) is 4. The predicted octanol–water partition coefficient (Wildman–Crippen LogP) is 2.40. The van der Waals surface area contributed by atoms with Crippen LogP contribution in [0.1, 0.15) is 15.9 Å². The minimum Gasteiger partial charge on any atom is -0.387 e. The molecule has 9 N–H and O–H groups in total. The van der Waals surface area contributed by atoms with E-state index < -0.39 is 0 Å². The first-order valence-corrected chi connectivity index (χ1v) is 8.15. The highest BCUT2D eigenvalue weighted by Gasteiger charge is 1.87. The van der Waals surface area contributed by atoms with Crippen LogP contribution in [-0.4, -0.2) is 30.8 Å². The molecule has 0 fully saturated rings. The van der Waals surface area contributed by atoms with Gasteiger partial charge in [-0.3, -0.25) is 10.2 Å². The Morgan fingerprint density at radius 1 is 0.929 bits per heavy atom. The van der Waals surface area contributed by atoms with E-state index in [0.717, 1.165) is 11.8 Å². The van der Waals surface area contributed by atoms with E-state index in [1.165, 1.54) is 6.21 Å². The van der Waals surface area contributed by atoms with Crippen LogP contribution in [0.4, 0.5) is 0 Å². The number of guanidine groups is 1. The molecule has 0 aliphatic carbocycles. The van der Waals surface area contributed by atoms with Gasteiger partial charge in [-0.1, -0.05) is 47.5 Å². The average Bonchev–Trinajstić information content (AvgIpc) is 2.65. The van der Waals surface area contributed by atoms with Crippen molar-refractivity contribution in [2.24, 2.45) is 33.1 Å². The summed E-state index contributed by atoms with van der Waals surface area (Å²) in [5, 5.41) is 14.8. The Morgan fingerprint density at radius 2 is 1.32 bits per heavy atom. The quantitative estimate of drug-likeness (QED) is 0.210. The van der Waals surface area contributed by atoms with E-state index in [-0.39, 0.29) is 30.7 Å². The fourth-order valence-electron chi connectivity index (χ4n) is 1.25. The number of benzene rings is 2. The van der Waals surface area contributed by atoms with Crippen LogP contribution < -0.4 is 22.9 Å². The maximum absolute atomic E-state index is 10.1. The van der Waals surface area contributed by atoms with Crippen molar-refractivity contribution in [2.75, 3.05) is 6.54 Å². The monoisotopic (exact) mass is 445 g/mol. The molecule has 0 saturated heterocycles. The van der Waals surface area contributed by atoms with Gasteiger partial charge in [-0.05, 0) is 29.8 Å². The normalized spacial score (nSPS) is 8.96. The van der Waals surface area contributed by atoms with Gasteiger partial charge in [0.05, 0.1) is 12.8 Å². The molecule has 152 valence electrons. The molecule has 2 aromatic carbocycles. The van der Waals surface area contributed by atoms with Gasteiger partial charge in [0.15, 0.2) is 0 Å². The number of aldehydes is 1. The van der Waals surface area contributed by atoms with Gasteiger partial charge < -0.3 is 22.9 Å². The van der Waals surface area contributed by atoms with Crippen LogP contribution in [0.2, 0.25) is 10.0 Å². The minimum atomic E-state index is -0.0646. The summed E-state index contributed by atoms with van der Waals surface area (Å²) < 4.78 is 0. The molecule has 0 aliphatic heterocycles. The van der Waals surface area contributed by atoms with E-state index in [4.69, 9.17) is 51.5 Å². The van der Waals surface area contributed by atoms with Gasteiger partial charge >= 0.3 is 0 Å². The summed E-state index contributed by atoms with van der Waals surface area (Å²) in [5.41, 5.74) is 21.3. The molecule has 8 nitrogen and oxygen atoms in total. The first-order valence-electron chi connectivity index (χ1n) is 7.39. The smallest absolute Gasteiger partial charge is 0.211 e. The van der Waals surface area contributed by atoms with Crippen molar-refractivity contribution in [3.05, 3.63) is 69.7 Å². The Morgan fingerprint density at radius 3 is 1.64 bits per heavy atom. The summed E-state index contributed by atoms with van der Waals surface area (Å²) >= 11 is 11.2. The van der Waals surface area contributed by atoms with Crippen LogP contribution in [0.15, 0.2) is 58.7 Å². The van der Waals surface area contributed by atoms with Crippen LogP contribution in [0, 0.1) is 5.41 Å². The molecule has 0 radical (unpaired) electrons. The molecule has 0 unspecified atom stereocenters. The lowest BCUT2D eigenvalue weighted by atomic mass is 10.2. The number of carbonyl (C=O) groups excluding carboxylic acids is 1. The molecule has 0 spiro atoms. The molecule has 2 rings (SSSR count). The lowest BCUT2D eigenvalue weighted by Gasteiger charge is -1.90. The summed E-state index contributed by atoms with van der Waals surface area (Å²) in [7, 11) is 0. The molecule has 28 heavy (non-hydrogen) atoms. The highest BCUT2D eigenvalue weighted by atomic mass is 35.5. The summed E-state index contributed by atoms with van der Waals surface area (Å²) in [6.45, 7) is 0.167. The molecular weight excluding hydrogens is 425 g/mol. The van der Waals surface area contributed by atoms with Gasteiger partial charge in [-0.25, -0.2) is 0 Å². The molecule has 0 aromatic heterocycles. The fraction of sp³-hybridized carbons (Fsp3) is 0.0588. The molecular formula is C17H22Cl3N7O. The summed E-state index contributed by atoms with van der Waals surface area (Å²) in [6, 6.07) is 13.9. The number of hydrogen-bond acceptors (Lipinski definition) is 5. The van der Waals surface area contributed by atoms with Crippen LogP contribution in [0.5, 0.6) is 0 Å². The Hall–Kier alpha value is -2.65. The lowest BCUT2D eigenvalue weighted by molar-refractivity contribution is 0.112. The van der Waals surface area contributed by atoms with Gasteiger partial charge in [0.2, 0.25) is 5.96 Å². The van der Waals surface area contributed by atoms with Crippen molar-refractivity contribution in [1.82, 2.24) is 0 Å². The third-order valence-electron chi connectivity index (χ3n) is 2.48. The molecule has 0 saturated carbocycles. The molecule has 0 aliphatic rings. The topological polar surface area (TPSA) is 170 Å². The summed E-state index contributed by atoms with van der Waals surface area (Å²) in [5.74, 6) is -0.0322. The summed E-state index contributed by atoms with van der Waals surface area (Å²) in [4.78, 5) is 10.1. The second-order valence-corrected chi connectivity index (χ2v) is 5.59. The molecule has 0 amide bonds. The third-order valence-corrected chi connectivity index (χ3v) is 2.98. The van der Waals surface area contributed by atoms with E-state index in [1.54, 1.807) is 36.4 Å². The predicted molar refractivity (Wildman–Crippen MR) is 120 cm³/mol. The second-order valence-electron chi connectivity index (χ2n) is 4.72. The molecule has 2 aromatic rings. The summed E-state index contributed by atoms with van der Waals surface area (Å²) in [6.07, 6.45) is 2.33. The van der Waals surface area contributed by atoms with Gasteiger partial charge in [-0.15, -0.1) is 17.5 Å². The third kappa shape index (κ3) is 15.6. The van der Waals surface area contributed by atoms with Crippen molar-refractivity contribution in [3.8, 4) is 0 Å². The highest BCUT2D eigenvalue weighted by molar-refractivity contribution is 6.30. The Labute approximate surface area is 179 Å². The number of hydrogen-bond donors (Lipinski definition) is 5. The van der Waals surface area contributed by atoms with E-state index >= 15 is 0 Å². The Bertz CT molecular complexity index is 759. The Kier molecular flexibility index (Phi) is 16.3. The number of nitrogens with one attached hydrogen (secondary N) is 1. The van der Waals surface area contributed by atoms with E-state index in [9.17, 15) is 4.79 Å². The van der Waals surface area contributed by atoms with Crippen LogP contribution >= 0.6 is 35.6 Å². The van der Waals surface area contributed by atoms with Crippen molar-refractivity contribution < 1.29 is 4.79 Å². The van der Waals surface area contributed by atoms with Crippen molar-refractivity contribution in [1.29, 1.82) is 5.41 Å². The standard InChI is InChI=1S/C8H9ClN4.C7H5ClO.C2H7N3.ClH/c9-7-3-1-6(2-4-7)5-12-13-8(10)11;8-7-3-1-6(5-9)2-4-7;3-1-2(4)5;/h1-5H,(H4,10,11,13);1-5H;1,3H2,(H3,4,5);1H/b12-5+;;;. The molecule has 0 heterocycles. The zero-order chi connectivity index (χ0) is 20.7. The first kappa shape index (κ1) is 27.6. The maximum Gasteiger partial charge on any atom is 0.211 e. The molecule has 11 heteroatoms. The van der Waals surface area contributed by atoms with Crippen molar-refractivity contribution >= 4 is 59.9 Å².